The normalized spacial score (nSPS) is 12.1. The van der Waals surface area contributed by atoms with Crippen LogP contribution in [0.5, 0.6) is 0 Å². The first-order chi connectivity index (χ1) is 25.0. The maximum absolute atomic E-state index is 12.6. The molecule has 0 saturated carbocycles. The Morgan fingerprint density at radius 3 is 1.16 bits per heavy atom. The van der Waals surface area contributed by atoms with Crippen molar-refractivity contribution < 1.29 is 28.6 Å². The third-order valence-corrected chi connectivity index (χ3v) is 9.44. The molecule has 0 aliphatic heterocycles. The highest BCUT2D eigenvalue weighted by atomic mass is 16.6. The average molecular weight is 719 g/mol. The van der Waals surface area contributed by atoms with Crippen molar-refractivity contribution in [2.75, 3.05) is 13.2 Å². The number of carbonyl (C=O) groups is 3. The van der Waals surface area contributed by atoms with Gasteiger partial charge in [0.15, 0.2) is 6.10 Å². The Morgan fingerprint density at radius 2 is 0.745 bits per heavy atom. The number of ether oxygens (including phenoxy) is 3. The summed E-state index contributed by atoms with van der Waals surface area (Å²) >= 11 is 0. The molecule has 0 aromatic rings. The van der Waals surface area contributed by atoms with E-state index in [4.69, 9.17) is 14.2 Å². The fraction of sp³-hybridized carbons (Fsp3) is 0.844. The summed E-state index contributed by atoms with van der Waals surface area (Å²) in [4.78, 5) is 37.4. The molecule has 6 nitrogen and oxygen atoms in total. The lowest BCUT2D eigenvalue weighted by Crippen LogP contribution is -2.30. The van der Waals surface area contributed by atoms with Gasteiger partial charge < -0.3 is 14.2 Å². The van der Waals surface area contributed by atoms with Crippen molar-refractivity contribution >= 4 is 17.9 Å². The Labute approximate surface area is 315 Å². The number of hydrogen-bond donors (Lipinski definition) is 0. The summed E-state index contributed by atoms with van der Waals surface area (Å²) < 4.78 is 16.6. The molecule has 1 atom stereocenters. The minimum absolute atomic E-state index is 0.0744. The van der Waals surface area contributed by atoms with E-state index in [9.17, 15) is 14.4 Å². The quantitative estimate of drug-likeness (QED) is 0.0272. The van der Waals surface area contributed by atoms with Gasteiger partial charge in [-0.15, -0.1) is 0 Å². The zero-order chi connectivity index (χ0) is 37.3. The topological polar surface area (TPSA) is 78.9 Å². The molecule has 0 saturated heterocycles. The molecule has 0 fully saturated rings. The summed E-state index contributed by atoms with van der Waals surface area (Å²) in [5, 5.41) is 0. The van der Waals surface area contributed by atoms with Gasteiger partial charge in [0.2, 0.25) is 0 Å². The van der Waals surface area contributed by atoms with Gasteiger partial charge in [-0.3, -0.25) is 14.4 Å². The van der Waals surface area contributed by atoms with Crippen LogP contribution in [0.15, 0.2) is 24.3 Å². The van der Waals surface area contributed by atoms with Gasteiger partial charge in [0.05, 0.1) is 0 Å². The van der Waals surface area contributed by atoms with Crippen LogP contribution in [0.2, 0.25) is 0 Å². The van der Waals surface area contributed by atoms with E-state index in [2.05, 4.69) is 45.1 Å². The van der Waals surface area contributed by atoms with Crippen LogP contribution in [-0.2, 0) is 28.6 Å². The van der Waals surface area contributed by atoms with Crippen molar-refractivity contribution in [3.05, 3.63) is 24.3 Å². The molecule has 0 radical (unpaired) electrons. The second-order valence-electron chi connectivity index (χ2n) is 14.6. The summed E-state index contributed by atoms with van der Waals surface area (Å²) in [7, 11) is 0. The van der Waals surface area contributed by atoms with Crippen LogP contribution in [-0.4, -0.2) is 37.2 Å². The number of esters is 3. The van der Waals surface area contributed by atoms with Crippen LogP contribution >= 0.6 is 0 Å². The summed E-state index contributed by atoms with van der Waals surface area (Å²) in [5.74, 6) is -0.900. The molecule has 0 rings (SSSR count). The van der Waals surface area contributed by atoms with Gasteiger partial charge in [-0.25, -0.2) is 0 Å². The zero-order valence-electron chi connectivity index (χ0n) is 33.9. The van der Waals surface area contributed by atoms with Crippen LogP contribution in [0, 0.1) is 0 Å². The molecule has 0 amide bonds. The van der Waals surface area contributed by atoms with Gasteiger partial charge in [-0.1, -0.05) is 186 Å². The molecule has 298 valence electrons. The van der Waals surface area contributed by atoms with Gasteiger partial charge in [0.1, 0.15) is 13.2 Å². The molecule has 51 heavy (non-hydrogen) atoms. The predicted octanol–water partition coefficient (Wildman–Crippen LogP) is 13.6. The van der Waals surface area contributed by atoms with Crippen LogP contribution in [0.25, 0.3) is 0 Å². The third-order valence-electron chi connectivity index (χ3n) is 9.44. The van der Waals surface area contributed by atoms with E-state index in [1.807, 2.05) is 0 Å². The molecule has 6 heteroatoms. The van der Waals surface area contributed by atoms with Gasteiger partial charge >= 0.3 is 17.9 Å². The molecular formula is C45H82O6. The molecular weight excluding hydrogens is 636 g/mol. The molecule has 0 aromatic carbocycles. The lowest BCUT2D eigenvalue weighted by Gasteiger charge is -2.18. The molecule has 0 spiro atoms. The summed E-state index contributed by atoms with van der Waals surface area (Å²) in [6.07, 6.45) is 43.3. The van der Waals surface area contributed by atoms with Gasteiger partial charge in [-0.2, -0.15) is 0 Å². The minimum atomic E-state index is -0.768. The van der Waals surface area contributed by atoms with Crippen molar-refractivity contribution in [1.29, 1.82) is 0 Å². The van der Waals surface area contributed by atoms with Gasteiger partial charge in [-0.05, 0) is 44.9 Å². The summed E-state index contributed by atoms with van der Waals surface area (Å²) in [5.41, 5.74) is 0. The third kappa shape index (κ3) is 38.9. The summed E-state index contributed by atoms with van der Waals surface area (Å²) in [6, 6.07) is 0. The first kappa shape index (κ1) is 48.9. The highest BCUT2D eigenvalue weighted by molar-refractivity contribution is 5.71. The molecule has 0 N–H and O–H groups in total. The zero-order valence-corrected chi connectivity index (χ0v) is 33.9. The fourth-order valence-electron chi connectivity index (χ4n) is 6.13. The van der Waals surface area contributed by atoms with Crippen LogP contribution in [0.1, 0.15) is 226 Å². The van der Waals surface area contributed by atoms with Crippen molar-refractivity contribution in [2.45, 2.75) is 232 Å². The highest BCUT2D eigenvalue weighted by Crippen LogP contribution is 2.15. The van der Waals surface area contributed by atoms with E-state index in [1.165, 1.54) is 89.9 Å². The lowest BCUT2D eigenvalue weighted by molar-refractivity contribution is -0.167. The molecule has 0 aliphatic rings. The Balaban J connectivity index is 4.23. The maximum atomic E-state index is 12.6. The van der Waals surface area contributed by atoms with Crippen molar-refractivity contribution in [3.63, 3.8) is 0 Å². The molecule has 0 bridgehead atoms. The molecule has 1 unspecified atom stereocenters. The number of unbranched alkanes of at least 4 members (excludes halogenated alkanes) is 24. The van der Waals surface area contributed by atoms with E-state index < -0.39 is 6.10 Å². The monoisotopic (exact) mass is 719 g/mol. The smallest absolute Gasteiger partial charge is 0.306 e. The average Bonchev–Trinajstić information content (AvgIpc) is 3.12. The maximum Gasteiger partial charge on any atom is 0.306 e. The van der Waals surface area contributed by atoms with Crippen LogP contribution in [0.4, 0.5) is 0 Å². The second-order valence-corrected chi connectivity index (χ2v) is 14.6. The first-order valence-electron chi connectivity index (χ1n) is 21.8. The van der Waals surface area contributed by atoms with Gasteiger partial charge in [0, 0.05) is 19.3 Å². The Morgan fingerprint density at radius 1 is 0.392 bits per heavy atom. The Bertz CT molecular complexity index is 835. The number of hydrogen-bond acceptors (Lipinski definition) is 6. The number of carbonyl (C=O) groups excluding carboxylic acids is 3. The van der Waals surface area contributed by atoms with E-state index in [0.717, 1.165) is 96.3 Å². The van der Waals surface area contributed by atoms with E-state index >= 15 is 0 Å². The summed E-state index contributed by atoms with van der Waals surface area (Å²) in [6.45, 7) is 6.48. The largest absolute Gasteiger partial charge is 0.462 e. The Kier molecular flexibility index (Phi) is 39.0. The first-order valence-corrected chi connectivity index (χ1v) is 21.8. The minimum Gasteiger partial charge on any atom is -0.462 e. The van der Waals surface area contributed by atoms with Crippen molar-refractivity contribution in [2.24, 2.45) is 0 Å². The van der Waals surface area contributed by atoms with Crippen LogP contribution in [0.3, 0.4) is 0 Å². The van der Waals surface area contributed by atoms with E-state index in [1.54, 1.807) is 0 Å². The lowest BCUT2D eigenvalue weighted by atomic mass is 10.0. The number of allylic oxidation sites excluding steroid dienone is 4. The van der Waals surface area contributed by atoms with Gasteiger partial charge in [0.25, 0.3) is 0 Å². The molecule has 0 heterocycles. The second kappa shape index (κ2) is 40.7. The SMILES string of the molecule is CCC/C=C\C/C=C\CCCCCCCC(=O)OC(COC(=O)CCCCCCC)COC(=O)CCCCCCCCCCCCCCCCC. The van der Waals surface area contributed by atoms with Crippen molar-refractivity contribution in [1.82, 2.24) is 0 Å². The van der Waals surface area contributed by atoms with E-state index in [-0.39, 0.29) is 31.1 Å². The fourth-order valence-corrected chi connectivity index (χ4v) is 6.13. The standard InChI is InChI=1S/C45H82O6/c1-4-7-10-13-15-17-19-21-22-24-25-27-29-32-35-38-44(47)50-41-42(40-49-43(46)37-34-31-12-9-6-3)51-45(48)39-36-33-30-28-26-23-20-18-16-14-11-8-5-2/h11,14,18,20,42H,4-10,12-13,15-17,19,21-41H2,1-3H3/b14-11-,20-18-. The Hall–Kier alpha value is -2.11. The van der Waals surface area contributed by atoms with E-state index in [0.29, 0.717) is 19.3 Å². The molecule has 0 aromatic heterocycles. The predicted molar refractivity (Wildman–Crippen MR) is 215 cm³/mol. The number of rotatable bonds is 39. The molecule has 0 aliphatic carbocycles. The van der Waals surface area contributed by atoms with Crippen LogP contribution < -0.4 is 0 Å². The van der Waals surface area contributed by atoms with Crippen molar-refractivity contribution in [3.8, 4) is 0 Å². The highest BCUT2D eigenvalue weighted by Gasteiger charge is 2.19.